The Morgan fingerprint density at radius 2 is 1.92 bits per heavy atom. The Kier molecular flexibility index (Phi) is 5.08. The quantitative estimate of drug-likeness (QED) is 0.857. The average Bonchev–Trinajstić information content (AvgIpc) is 3.03. The van der Waals surface area contributed by atoms with E-state index in [4.69, 9.17) is 9.57 Å². The molecule has 0 aromatic heterocycles. The molecule has 2 aliphatic heterocycles. The third-order valence-electron chi connectivity index (χ3n) is 4.68. The summed E-state index contributed by atoms with van der Waals surface area (Å²) in [5.41, 5.74) is 0.290. The van der Waals surface area contributed by atoms with Gasteiger partial charge in [-0.15, -0.1) is 13.2 Å². The number of carboxylic acid groups (broad SMARTS) is 1. The fourth-order valence-electron chi connectivity index (χ4n) is 3.26. The summed E-state index contributed by atoms with van der Waals surface area (Å²) in [7, 11) is 0. The Morgan fingerprint density at radius 3 is 2.50 bits per heavy atom. The molecule has 3 rings (SSSR count). The molecule has 1 N–H and O–H groups in total. The summed E-state index contributed by atoms with van der Waals surface area (Å²) >= 11 is 0. The highest BCUT2D eigenvalue weighted by Crippen LogP contribution is 2.38. The number of halogens is 3. The number of alkyl halides is 3. The highest BCUT2D eigenvalue weighted by molar-refractivity contribution is 6.01. The summed E-state index contributed by atoms with van der Waals surface area (Å²) in [6.45, 7) is 0.792. The van der Waals surface area contributed by atoms with E-state index in [0.29, 0.717) is 50.2 Å². The van der Waals surface area contributed by atoms with Gasteiger partial charge in [-0.2, -0.15) is 0 Å². The van der Waals surface area contributed by atoms with Gasteiger partial charge in [0.1, 0.15) is 11.9 Å². The molecule has 0 bridgehead atoms. The molecule has 6 nitrogen and oxygen atoms in total. The number of aliphatic carboxylic acids is 1. The van der Waals surface area contributed by atoms with Crippen LogP contribution in [-0.4, -0.2) is 42.5 Å². The van der Waals surface area contributed by atoms with E-state index >= 15 is 0 Å². The van der Waals surface area contributed by atoms with E-state index < -0.39 is 17.7 Å². The first-order valence-electron chi connectivity index (χ1n) is 8.17. The Morgan fingerprint density at radius 1 is 1.27 bits per heavy atom. The monoisotopic (exact) mass is 373 g/mol. The van der Waals surface area contributed by atoms with Crippen molar-refractivity contribution in [2.45, 2.75) is 38.1 Å². The minimum atomic E-state index is -4.74. The lowest BCUT2D eigenvalue weighted by atomic mass is 9.75. The minimum Gasteiger partial charge on any atom is -0.481 e. The second-order valence-corrected chi connectivity index (χ2v) is 6.44. The zero-order valence-electron chi connectivity index (χ0n) is 13.8. The second-order valence-electron chi connectivity index (χ2n) is 6.44. The number of hydrogen-bond donors (Lipinski definition) is 1. The van der Waals surface area contributed by atoms with Gasteiger partial charge in [0.15, 0.2) is 0 Å². The van der Waals surface area contributed by atoms with E-state index in [9.17, 15) is 23.1 Å². The Labute approximate surface area is 147 Å². The maximum Gasteiger partial charge on any atom is 0.573 e. The summed E-state index contributed by atoms with van der Waals surface area (Å²) < 4.78 is 45.7. The fraction of sp³-hybridized carbons (Fsp3) is 0.529. The number of ether oxygens (including phenoxy) is 2. The molecule has 1 aromatic rings. The molecule has 142 valence electrons. The number of carbonyl (C=O) groups is 1. The lowest BCUT2D eigenvalue weighted by Crippen LogP contribution is -2.40. The predicted molar refractivity (Wildman–Crippen MR) is 83.9 cm³/mol. The van der Waals surface area contributed by atoms with E-state index in [0.717, 1.165) is 0 Å². The van der Waals surface area contributed by atoms with Crippen LogP contribution in [0, 0.1) is 5.41 Å². The first kappa shape index (κ1) is 18.5. The van der Waals surface area contributed by atoms with E-state index in [1.54, 1.807) is 0 Å². The molecule has 0 amide bonds. The van der Waals surface area contributed by atoms with Gasteiger partial charge in [0.05, 0.1) is 11.1 Å². The summed E-state index contributed by atoms with van der Waals surface area (Å²) in [5.74, 6) is -1.18. The van der Waals surface area contributed by atoms with Crippen LogP contribution in [0.3, 0.4) is 0 Å². The van der Waals surface area contributed by atoms with Crippen molar-refractivity contribution < 1.29 is 37.4 Å². The van der Waals surface area contributed by atoms with Gasteiger partial charge in [-0.25, -0.2) is 0 Å². The Hall–Kier alpha value is -2.29. The molecule has 0 radical (unpaired) electrons. The molecule has 1 fully saturated rings. The number of nitrogens with zero attached hydrogens (tertiary/aromatic N) is 1. The maximum atomic E-state index is 12.2. The van der Waals surface area contributed by atoms with Crippen LogP contribution < -0.4 is 4.74 Å². The lowest BCUT2D eigenvalue weighted by molar-refractivity contribution is -0.274. The smallest absolute Gasteiger partial charge is 0.481 e. The van der Waals surface area contributed by atoms with Crippen molar-refractivity contribution >= 4 is 11.7 Å². The normalized spacial score (nSPS) is 22.4. The van der Waals surface area contributed by atoms with Crippen molar-refractivity contribution in [3.63, 3.8) is 0 Å². The van der Waals surface area contributed by atoms with E-state index in [-0.39, 0.29) is 11.9 Å². The van der Waals surface area contributed by atoms with Gasteiger partial charge in [0.2, 0.25) is 0 Å². The summed E-state index contributed by atoms with van der Waals surface area (Å²) in [6, 6.07) is 5.34. The highest BCUT2D eigenvalue weighted by atomic mass is 19.4. The molecule has 1 saturated heterocycles. The summed E-state index contributed by atoms with van der Waals surface area (Å²) in [6.07, 6.45) is -3.58. The van der Waals surface area contributed by atoms with Crippen molar-refractivity contribution in [1.29, 1.82) is 0 Å². The van der Waals surface area contributed by atoms with E-state index in [1.807, 2.05) is 0 Å². The van der Waals surface area contributed by atoms with Gasteiger partial charge in [-0.1, -0.05) is 5.16 Å². The van der Waals surface area contributed by atoms with Crippen molar-refractivity contribution in [3.05, 3.63) is 29.8 Å². The standard InChI is InChI=1S/C17H18F3NO5/c18-17(19,20)25-12-3-1-11(2-4-12)14-9-13(26-21-14)10-16(15(22)23)5-7-24-8-6-16/h1-4,13H,5-10H2,(H,22,23)/t13-/m0/s1. The minimum absolute atomic E-state index is 0.313. The van der Waals surface area contributed by atoms with Gasteiger partial charge in [-0.3, -0.25) is 4.79 Å². The van der Waals surface area contributed by atoms with Crippen LogP contribution in [0.5, 0.6) is 5.75 Å². The largest absolute Gasteiger partial charge is 0.573 e. The van der Waals surface area contributed by atoms with Crippen molar-refractivity contribution in [2.24, 2.45) is 10.6 Å². The molecule has 0 saturated carbocycles. The molecular formula is C17H18F3NO5. The topological polar surface area (TPSA) is 77.4 Å². The molecule has 26 heavy (non-hydrogen) atoms. The first-order valence-corrected chi connectivity index (χ1v) is 8.17. The molecule has 2 heterocycles. The second kappa shape index (κ2) is 7.14. The molecular weight excluding hydrogens is 355 g/mol. The number of benzene rings is 1. The van der Waals surface area contributed by atoms with Crippen molar-refractivity contribution in [2.75, 3.05) is 13.2 Å². The van der Waals surface area contributed by atoms with Crippen LogP contribution in [0.2, 0.25) is 0 Å². The van der Waals surface area contributed by atoms with Crippen LogP contribution in [0.1, 0.15) is 31.2 Å². The Balaban J connectivity index is 1.62. The molecule has 1 atom stereocenters. The van der Waals surface area contributed by atoms with Crippen LogP contribution in [0.4, 0.5) is 13.2 Å². The maximum absolute atomic E-state index is 12.2. The third kappa shape index (κ3) is 4.27. The lowest BCUT2D eigenvalue weighted by Gasteiger charge is -2.34. The Bertz CT molecular complexity index is 681. The van der Waals surface area contributed by atoms with E-state index in [2.05, 4.69) is 9.89 Å². The highest BCUT2D eigenvalue weighted by Gasteiger charge is 2.44. The zero-order valence-corrected chi connectivity index (χ0v) is 13.8. The number of rotatable bonds is 5. The van der Waals surface area contributed by atoms with Gasteiger partial charge in [0.25, 0.3) is 0 Å². The van der Waals surface area contributed by atoms with Gasteiger partial charge in [-0.05, 0) is 42.7 Å². The van der Waals surface area contributed by atoms with E-state index in [1.165, 1.54) is 24.3 Å². The fourth-order valence-corrected chi connectivity index (χ4v) is 3.26. The van der Waals surface area contributed by atoms with Crippen LogP contribution in [-0.2, 0) is 14.4 Å². The number of hydrogen-bond acceptors (Lipinski definition) is 5. The van der Waals surface area contributed by atoms with Crippen LogP contribution in [0.25, 0.3) is 0 Å². The average molecular weight is 373 g/mol. The molecule has 1 aromatic carbocycles. The first-order chi connectivity index (χ1) is 12.3. The number of carboxylic acids is 1. The van der Waals surface area contributed by atoms with Gasteiger partial charge < -0.3 is 19.4 Å². The molecule has 9 heteroatoms. The summed E-state index contributed by atoms with van der Waals surface area (Å²) in [5, 5.41) is 13.6. The zero-order chi connectivity index (χ0) is 18.8. The molecule has 0 spiro atoms. The molecule has 0 aliphatic carbocycles. The SMILES string of the molecule is O=C(O)C1(C[C@@H]2CC(c3ccc(OC(F)(F)F)cc3)=NO2)CCOCC1. The van der Waals surface area contributed by atoms with Crippen LogP contribution >= 0.6 is 0 Å². The summed E-state index contributed by atoms with van der Waals surface area (Å²) in [4.78, 5) is 17.1. The van der Waals surface area contributed by atoms with Crippen molar-refractivity contribution in [1.82, 2.24) is 0 Å². The number of oxime groups is 1. The van der Waals surface area contributed by atoms with Gasteiger partial charge in [0, 0.05) is 26.1 Å². The van der Waals surface area contributed by atoms with Gasteiger partial charge >= 0.3 is 12.3 Å². The predicted octanol–water partition coefficient (Wildman–Crippen LogP) is 3.35. The molecule has 0 unspecified atom stereocenters. The van der Waals surface area contributed by atoms with Crippen molar-refractivity contribution in [3.8, 4) is 5.75 Å². The third-order valence-corrected chi connectivity index (χ3v) is 4.68. The molecule has 2 aliphatic rings. The van der Waals surface area contributed by atoms with Crippen LogP contribution in [0.15, 0.2) is 29.4 Å².